The Morgan fingerprint density at radius 1 is 1.19 bits per heavy atom. The molecule has 1 fully saturated rings. The lowest BCUT2D eigenvalue weighted by Crippen LogP contribution is -2.43. The van der Waals surface area contributed by atoms with Gasteiger partial charge in [-0.3, -0.25) is 9.59 Å². The molecule has 0 bridgehead atoms. The summed E-state index contributed by atoms with van der Waals surface area (Å²) in [5, 5.41) is 0. The number of likely N-dealkylation sites (tertiary alicyclic amines) is 1. The second kappa shape index (κ2) is 6.74. The number of rotatable bonds is 4. The monoisotopic (exact) mass is 289 g/mol. The van der Waals surface area contributed by atoms with E-state index in [0.29, 0.717) is 11.3 Å². The van der Waals surface area contributed by atoms with Crippen LogP contribution in [0.25, 0.3) is 0 Å². The molecule has 4 heteroatoms. The largest absolute Gasteiger partial charge is 0.481 e. The van der Waals surface area contributed by atoms with E-state index in [2.05, 4.69) is 0 Å². The molecular weight excluding hydrogens is 266 g/mol. The molecule has 1 atom stereocenters. The molecule has 1 aromatic rings. The number of Topliss-reactive ketones (excluding diaryl/α,β-unsaturated/α-hetero) is 1. The SMILES string of the molecule is CC(=O)c1ccc(OC(C)C(=O)N2CCCCC2)c(C)c1. The summed E-state index contributed by atoms with van der Waals surface area (Å²) in [5.74, 6) is 0.740. The molecular formula is C17H23NO3. The van der Waals surface area contributed by atoms with Crippen LogP contribution in [0.3, 0.4) is 0 Å². The highest BCUT2D eigenvalue weighted by atomic mass is 16.5. The zero-order chi connectivity index (χ0) is 15.4. The van der Waals surface area contributed by atoms with Gasteiger partial charge in [-0.1, -0.05) is 0 Å². The first kappa shape index (κ1) is 15.5. The van der Waals surface area contributed by atoms with Gasteiger partial charge in [0.1, 0.15) is 5.75 Å². The van der Waals surface area contributed by atoms with Crippen molar-refractivity contribution in [3.63, 3.8) is 0 Å². The van der Waals surface area contributed by atoms with Gasteiger partial charge in [-0.05, 0) is 63.8 Å². The predicted octanol–water partition coefficient (Wildman–Crippen LogP) is 2.98. The number of nitrogens with zero attached hydrogens (tertiary/aromatic N) is 1. The van der Waals surface area contributed by atoms with Crippen molar-refractivity contribution in [2.75, 3.05) is 13.1 Å². The van der Waals surface area contributed by atoms with Crippen molar-refractivity contribution in [2.45, 2.75) is 46.1 Å². The molecule has 114 valence electrons. The number of hydrogen-bond acceptors (Lipinski definition) is 3. The Labute approximate surface area is 126 Å². The fourth-order valence-corrected chi connectivity index (χ4v) is 2.61. The minimum Gasteiger partial charge on any atom is -0.481 e. The molecule has 21 heavy (non-hydrogen) atoms. The third kappa shape index (κ3) is 3.84. The number of benzene rings is 1. The fraction of sp³-hybridized carbons (Fsp3) is 0.529. The van der Waals surface area contributed by atoms with E-state index in [-0.39, 0.29) is 11.7 Å². The van der Waals surface area contributed by atoms with E-state index in [0.717, 1.165) is 31.5 Å². The van der Waals surface area contributed by atoms with Gasteiger partial charge in [-0.2, -0.15) is 0 Å². The van der Waals surface area contributed by atoms with Crippen LogP contribution in [0.1, 0.15) is 49.0 Å². The molecule has 0 N–H and O–H groups in total. The van der Waals surface area contributed by atoms with Crippen LogP contribution in [0.4, 0.5) is 0 Å². The summed E-state index contributed by atoms with van der Waals surface area (Å²) in [6.45, 7) is 6.87. The Morgan fingerprint density at radius 2 is 1.86 bits per heavy atom. The molecule has 1 aromatic carbocycles. The lowest BCUT2D eigenvalue weighted by Gasteiger charge is -2.29. The number of carbonyl (C=O) groups excluding carboxylic acids is 2. The summed E-state index contributed by atoms with van der Waals surface area (Å²) >= 11 is 0. The molecule has 0 aromatic heterocycles. The third-order valence-electron chi connectivity index (χ3n) is 3.90. The normalized spacial score (nSPS) is 16.4. The average molecular weight is 289 g/mol. The van der Waals surface area contributed by atoms with Crippen LogP contribution >= 0.6 is 0 Å². The predicted molar refractivity (Wildman–Crippen MR) is 81.7 cm³/mol. The molecule has 1 aliphatic rings. The van der Waals surface area contributed by atoms with Gasteiger partial charge in [0.15, 0.2) is 11.9 Å². The molecule has 4 nitrogen and oxygen atoms in total. The summed E-state index contributed by atoms with van der Waals surface area (Å²) in [7, 11) is 0. The van der Waals surface area contributed by atoms with Crippen LogP contribution in [0.2, 0.25) is 0 Å². The van der Waals surface area contributed by atoms with Crippen molar-refractivity contribution in [1.82, 2.24) is 4.90 Å². The van der Waals surface area contributed by atoms with Crippen LogP contribution in [-0.2, 0) is 4.79 Å². The fourth-order valence-electron chi connectivity index (χ4n) is 2.61. The Balaban J connectivity index is 2.03. The number of aryl methyl sites for hydroxylation is 1. The number of hydrogen-bond donors (Lipinski definition) is 0. The topological polar surface area (TPSA) is 46.6 Å². The van der Waals surface area contributed by atoms with Gasteiger partial charge in [-0.15, -0.1) is 0 Å². The number of amides is 1. The van der Waals surface area contributed by atoms with Crippen LogP contribution < -0.4 is 4.74 Å². The highest BCUT2D eigenvalue weighted by molar-refractivity contribution is 5.94. The number of ketones is 1. The number of ether oxygens (including phenoxy) is 1. The van der Waals surface area contributed by atoms with Crippen LogP contribution in [0.5, 0.6) is 5.75 Å². The van der Waals surface area contributed by atoms with E-state index in [1.54, 1.807) is 25.1 Å². The summed E-state index contributed by atoms with van der Waals surface area (Å²) < 4.78 is 5.79. The van der Waals surface area contributed by atoms with Crippen LogP contribution in [0.15, 0.2) is 18.2 Å². The Bertz CT molecular complexity index is 533. The Kier molecular flexibility index (Phi) is 4.99. The van der Waals surface area contributed by atoms with Crippen LogP contribution in [0, 0.1) is 6.92 Å². The first-order valence-corrected chi connectivity index (χ1v) is 7.56. The van der Waals surface area contributed by atoms with Gasteiger partial charge in [0.05, 0.1) is 0 Å². The summed E-state index contributed by atoms with van der Waals surface area (Å²) in [5.41, 5.74) is 1.54. The van der Waals surface area contributed by atoms with E-state index >= 15 is 0 Å². The van der Waals surface area contributed by atoms with Gasteiger partial charge in [0.2, 0.25) is 0 Å². The number of piperidine rings is 1. The standard InChI is InChI=1S/C17H23NO3/c1-12-11-15(13(2)19)7-8-16(12)21-14(3)17(20)18-9-5-4-6-10-18/h7-8,11,14H,4-6,9-10H2,1-3H3. The second-order valence-corrected chi connectivity index (χ2v) is 5.68. The molecule has 1 aliphatic heterocycles. The zero-order valence-corrected chi connectivity index (χ0v) is 13.0. The Hall–Kier alpha value is -1.84. The van der Waals surface area contributed by atoms with E-state index in [9.17, 15) is 9.59 Å². The maximum Gasteiger partial charge on any atom is 0.263 e. The summed E-state index contributed by atoms with van der Waals surface area (Å²) in [6.07, 6.45) is 2.85. The summed E-state index contributed by atoms with van der Waals surface area (Å²) in [6, 6.07) is 5.31. The first-order valence-electron chi connectivity index (χ1n) is 7.56. The van der Waals surface area contributed by atoms with Crippen LogP contribution in [-0.4, -0.2) is 35.8 Å². The lowest BCUT2D eigenvalue weighted by atomic mass is 10.1. The summed E-state index contributed by atoms with van der Waals surface area (Å²) in [4.78, 5) is 25.6. The minimum atomic E-state index is -0.495. The minimum absolute atomic E-state index is 0.0297. The van der Waals surface area contributed by atoms with Crippen molar-refractivity contribution in [3.05, 3.63) is 29.3 Å². The highest BCUT2D eigenvalue weighted by Crippen LogP contribution is 2.21. The Morgan fingerprint density at radius 3 is 2.43 bits per heavy atom. The maximum atomic E-state index is 12.3. The van der Waals surface area contributed by atoms with E-state index in [1.807, 2.05) is 11.8 Å². The van der Waals surface area contributed by atoms with Crippen molar-refractivity contribution >= 4 is 11.7 Å². The highest BCUT2D eigenvalue weighted by Gasteiger charge is 2.23. The molecule has 1 heterocycles. The molecule has 0 radical (unpaired) electrons. The van der Waals surface area contributed by atoms with E-state index in [4.69, 9.17) is 4.74 Å². The molecule has 0 aliphatic carbocycles. The van der Waals surface area contributed by atoms with Crippen molar-refractivity contribution in [3.8, 4) is 5.75 Å². The van der Waals surface area contributed by atoms with Crippen molar-refractivity contribution in [1.29, 1.82) is 0 Å². The molecule has 0 spiro atoms. The number of carbonyl (C=O) groups is 2. The average Bonchev–Trinajstić information content (AvgIpc) is 2.49. The van der Waals surface area contributed by atoms with Gasteiger partial charge in [0, 0.05) is 18.7 Å². The van der Waals surface area contributed by atoms with Gasteiger partial charge >= 0.3 is 0 Å². The smallest absolute Gasteiger partial charge is 0.263 e. The molecule has 1 unspecified atom stereocenters. The zero-order valence-electron chi connectivity index (χ0n) is 13.0. The second-order valence-electron chi connectivity index (χ2n) is 5.68. The molecule has 0 saturated carbocycles. The first-order chi connectivity index (χ1) is 9.99. The van der Waals surface area contributed by atoms with E-state index in [1.165, 1.54) is 13.3 Å². The van der Waals surface area contributed by atoms with E-state index < -0.39 is 6.10 Å². The van der Waals surface area contributed by atoms with Crippen molar-refractivity contribution in [2.24, 2.45) is 0 Å². The molecule has 1 amide bonds. The van der Waals surface area contributed by atoms with Gasteiger partial charge < -0.3 is 9.64 Å². The van der Waals surface area contributed by atoms with Gasteiger partial charge in [0.25, 0.3) is 5.91 Å². The van der Waals surface area contributed by atoms with Gasteiger partial charge in [-0.25, -0.2) is 0 Å². The van der Waals surface area contributed by atoms with Crippen molar-refractivity contribution < 1.29 is 14.3 Å². The third-order valence-corrected chi connectivity index (χ3v) is 3.90. The quantitative estimate of drug-likeness (QED) is 0.801. The maximum absolute atomic E-state index is 12.3. The lowest BCUT2D eigenvalue weighted by molar-refractivity contribution is -0.138. The molecule has 2 rings (SSSR count). The molecule has 1 saturated heterocycles.